The number of hydrogen-bond acceptors (Lipinski definition) is 5. The molecule has 0 amide bonds. The molecule has 0 spiro atoms. The van der Waals surface area contributed by atoms with Gasteiger partial charge >= 0.3 is 0 Å². The number of aromatic nitrogens is 3. The van der Waals surface area contributed by atoms with Crippen LogP contribution in [0.2, 0.25) is 0 Å². The molecule has 0 atom stereocenters. The predicted octanol–water partition coefficient (Wildman–Crippen LogP) is 16.6. The third-order valence-electron chi connectivity index (χ3n) is 13.1. The van der Waals surface area contributed by atoms with E-state index < -0.39 is 0 Å². The molecule has 0 saturated heterocycles. The molecule has 0 saturated carbocycles. The molecule has 3 nitrogen and oxygen atoms in total. The highest BCUT2D eigenvalue weighted by Gasteiger charge is 2.26. The van der Waals surface area contributed by atoms with E-state index in [2.05, 4.69) is 200 Å². The number of rotatable bonds is 4. The van der Waals surface area contributed by atoms with E-state index in [9.17, 15) is 0 Å². The van der Waals surface area contributed by atoms with E-state index >= 15 is 0 Å². The van der Waals surface area contributed by atoms with Crippen molar-refractivity contribution in [2.45, 2.75) is 0 Å². The normalized spacial score (nSPS) is 13.0. The van der Waals surface area contributed by atoms with Gasteiger partial charge in [-0.1, -0.05) is 133 Å². The fourth-order valence-corrected chi connectivity index (χ4v) is 12.3. The number of hydrogen-bond donors (Lipinski definition) is 0. The zero-order valence-electron chi connectivity index (χ0n) is 34.2. The molecule has 0 bridgehead atoms. The second-order valence-electron chi connectivity index (χ2n) is 16.7. The van der Waals surface area contributed by atoms with Crippen molar-refractivity contribution in [2.24, 2.45) is 0 Å². The monoisotopic (exact) mass is 847 g/mol. The van der Waals surface area contributed by atoms with Gasteiger partial charge in [0.15, 0.2) is 17.5 Å². The van der Waals surface area contributed by atoms with Crippen LogP contribution in [0.4, 0.5) is 0 Å². The van der Waals surface area contributed by atoms with Crippen LogP contribution in [0.1, 0.15) is 16.7 Å². The van der Waals surface area contributed by atoms with Crippen molar-refractivity contribution in [3.63, 3.8) is 0 Å². The highest BCUT2D eigenvalue weighted by atomic mass is 32.1. The lowest BCUT2D eigenvalue weighted by Crippen LogP contribution is -2.02. The Morgan fingerprint density at radius 1 is 0.312 bits per heavy atom. The summed E-state index contributed by atoms with van der Waals surface area (Å²) in [6.07, 6.45) is 2.43. The first-order chi connectivity index (χ1) is 31.7. The quantitative estimate of drug-likeness (QED) is 0.177. The average molecular weight is 848 g/mol. The van der Waals surface area contributed by atoms with Gasteiger partial charge in [-0.15, -0.1) is 22.7 Å². The van der Waals surface area contributed by atoms with Gasteiger partial charge in [0.25, 0.3) is 0 Å². The van der Waals surface area contributed by atoms with Crippen LogP contribution >= 0.6 is 22.7 Å². The molecule has 14 rings (SSSR count). The van der Waals surface area contributed by atoms with Crippen molar-refractivity contribution in [1.29, 1.82) is 0 Å². The van der Waals surface area contributed by atoms with Gasteiger partial charge in [0.05, 0.1) is 0 Å². The Bertz CT molecular complexity index is 4150. The minimum Gasteiger partial charge on any atom is -0.208 e. The predicted molar refractivity (Wildman–Crippen MR) is 273 cm³/mol. The maximum Gasteiger partial charge on any atom is 0.164 e. The summed E-state index contributed by atoms with van der Waals surface area (Å²) in [5.74, 6) is 1.94. The Balaban J connectivity index is 1.09. The molecule has 0 fully saturated rings. The van der Waals surface area contributed by atoms with Gasteiger partial charge in [-0.3, -0.25) is 0 Å². The van der Waals surface area contributed by atoms with Gasteiger partial charge in [-0.25, -0.2) is 15.0 Å². The van der Waals surface area contributed by atoms with Crippen molar-refractivity contribution >= 4 is 107 Å². The van der Waals surface area contributed by atoms with Crippen LogP contribution in [0.15, 0.2) is 194 Å². The third-order valence-corrected chi connectivity index (χ3v) is 15.3. The lowest BCUT2D eigenvalue weighted by atomic mass is 9.93. The largest absolute Gasteiger partial charge is 0.208 e. The Kier molecular flexibility index (Phi) is 7.73. The lowest BCUT2D eigenvalue weighted by molar-refractivity contribution is 1.08. The highest BCUT2D eigenvalue weighted by Crippen LogP contribution is 2.49. The van der Waals surface area contributed by atoms with Crippen molar-refractivity contribution in [1.82, 2.24) is 15.0 Å². The van der Waals surface area contributed by atoms with Crippen LogP contribution in [0.25, 0.3) is 130 Å². The summed E-state index contributed by atoms with van der Waals surface area (Å²) < 4.78 is 5.00. The van der Waals surface area contributed by atoms with E-state index in [1.54, 1.807) is 0 Å². The van der Waals surface area contributed by atoms with Crippen molar-refractivity contribution < 1.29 is 0 Å². The summed E-state index contributed by atoms with van der Waals surface area (Å²) in [6, 6.07) is 70.4. The fourth-order valence-electron chi connectivity index (χ4n) is 10.0. The van der Waals surface area contributed by atoms with Crippen LogP contribution in [-0.2, 0) is 0 Å². The molecule has 13 aromatic rings. The van der Waals surface area contributed by atoms with E-state index in [0.717, 1.165) is 33.0 Å². The van der Waals surface area contributed by atoms with Gasteiger partial charge in [0.1, 0.15) is 0 Å². The van der Waals surface area contributed by atoms with Crippen molar-refractivity contribution in [3.8, 4) is 45.3 Å². The summed E-state index contributed by atoms with van der Waals surface area (Å²) in [6.45, 7) is 0. The standard InChI is InChI=1S/C59H33N3S2/c1-2-14-36-29-47-46(28-35(36)13-1)41-19-7-8-20-42(41)48(47)33-50-45(25-27-54-56(50)51-30-37-15-3-4-16-38(37)32-55(51)64-54)59-61-57(39-24-26-53-49(31-39)43-21-9-10-23-52(43)63-53)60-58(62-59)44-22-11-17-34-12-5-6-18-40(34)44/h1-33H/b48-33+. The molecule has 0 N–H and O–H groups in total. The minimum absolute atomic E-state index is 0.641. The summed E-state index contributed by atoms with van der Waals surface area (Å²) in [7, 11) is 0. The van der Waals surface area contributed by atoms with Crippen molar-refractivity contribution in [2.75, 3.05) is 0 Å². The van der Waals surface area contributed by atoms with Gasteiger partial charge in [-0.2, -0.15) is 0 Å². The van der Waals surface area contributed by atoms with Crippen LogP contribution < -0.4 is 0 Å². The number of benzene rings is 10. The number of fused-ring (bicyclic) bond motifs is 12. The van der Waals surface area contributed by atoms with E-state index in [4.69, 9.17) is 15.0 Å². The molecule has 64 heavy (non-hydrogen) atoms. The smallest absolute Gasteiger partial charge is 0.164 e. The summed E-state index contributed by atoms with van der Waals surface area (Å²) in [5.41, 5.74) is 10.2. The molecular formula is C59H33N3S2. The Morgan fingerprint density at radius 3 is 1.72 bits per heavy atom. The van der Waals surface area contributed by atoms with Gasteiger partial charge in [-0.05, 0) is 132 Å². The average Bonchev–Trinajstić information content (AvgIpc) is 4.01. The molecule has 0 radical (unpaired) electrons. The topological polar surface area (TPSA) is 38.7 Å². The van der Waals surface area contributed by atoms with E-state index in [0.29, 0.717) is 17.5 Å². The Morgan fingerprint density at radius 2 is 0.891 bits per heavy atom. The van der Waals surface area contributed by atoms with Crippen LogP contribution in [-0.4, -0.2) is 15.0 Å². The maximum atomic E-state index is 5.49. The van der Waals surface area contributed by atoms with Crippen LogP contribution in [0, 0.1) is 0 Å². The zero-order valence-corrected chi connectivity index (χ0v) is 35.8. The third kappa shape index (κ3) is 5.48. The molecule has 0 unspecified atom stereocenters. The highest BCUT2D eigenvalue weighted by molar-refractivity contribution is 7.26. The zero-order chi connectivity index (χ0) is 41.9. The molecule has 10 aromatic carbocycles. The first kappa shape index (κ1) is 35.7. The summed E-state index contributed by atoms with van der Waals surface area (Å²) >= 11 is 3.67. The minimum atomic E-state index is 0.641. The van der Waals surface area contributed by atoms with Crippen LogP contribution in [0.5, 0.6) is 0 Å². The van der Waals surface area contributed by atoms with E-state index in [1.165, 1.54) is 89.7 Å². The molecule has 0 aliphatic heterocycles. The number of thiophene rings is 2. The van der Waals surface area contributed by atoms with Crippen molar-refractivity contribution in [3.05, 3.63) is 211 Å². The van der Waals surface area contributed by atoms with E-state index in [1.807, 2.05) is 22.7 Å². The first-order valence-corrected chi connectivity index (χ1v) is 23.2. The SMILES string of the molecule is C(=C1/c2ccccc2-c2cc3ccccc3cc21)/c1c(-c2nc(-c3ccc4sc5ccccc5c4c3)nc(-c3cccc4ccccc34)n2)ccc2sc3cc4ccccc4cc3c12. The molecule has 5 heteroatoms. The van der Waals surface area contributed by atoms with Crippen LogP contribution in [0.3, 0.4) is 0 Å². The molecule has 1 aliphatic carbocycles. The van der Waals surface area contributed by atoms with Gasteiger partial charge in [0.2, 0.25) is 0 Å². The van der Waals surface area contributed by atoms with E-state index in [-0.39, 0.29) is 0 Å². The summed E-state index contributed by atoms with van der Waals surface area (Å²) in [5, 5.41) is 12.1. The first-order valence-electron chi connectivity index (χ1n) is 21.6. The fraction of sp³-hybridized carbons (Fsp3) is 0. The van der Waals surface area contributed by atoms with Gasteiger partial charge in [0, 0.05) is 57.0 Å². The van der Waals surface area contributed by atoms with Gasteiger partial charge < -0.3 is 0 Å². The number of nitrogens with zero attached hydrogens (tertiary/aromatic N) is 3. The molecule has 1 aliphatic rings. The second-order valence-corrected chi connectivity index (χ2v) is 18.9. The molecule has 3 heterocycles. The second kappa shape index (κ2) is 13.8. The molecule has 296 valence electrons. The summed E-state index contributed by atoms with van der Waals surface area (Å²) in [4.78, 5) is 16.3. The Labute approximate surface area is 375 Å². The lowest BCUT2D eigenvalue weighted by Gasteiger charge is -2.14. The maximum absolute atomic E-state index is 5.49. The molecule has 3 aromatic heterocycles. The molecular weight excluding hydrogens is 815 g/mol. The Hall–Kier alpha value is -7.83.